The molecule has 1 aliphatic rings. The number of amides is 1. The molecule has 0 radical (unpaired) electrons. The lowest BCUT2D eigenvalue weighted by molar-refractivity contribution is -0.125. The summed E-state index contributed by atoms with van der Waals surface area (Å²) < 4.78 is 33.4. The van der Waals surface area contributed by atoms with E-state index in [1.807, 2.05) is 20.8 Å². The Kier molecular flexibility index (Phi) is 5.34. The maximum atomic E-state index is 12.8. The minimum absolute atomic E-state index is 0.0347. The van der Waals surface area contributed by atoms with E-state index in [4.69, 9.17) is 16.3 Å². The third-order valence-corrected chi connectivity index (χ3v) is 6.17. The number of benzene rings is 2. The zero-order valence-electron chi connectivity index (χ0n) is 16.2. The molecule has 1 amide bonds. The third kappa shape index (κ3) is 3.95. The molecule has 6 nitrogen and oxygen atoms in total. The number of anilines is 2. The Bertz CT molecular complexity index is 1030. The summed E-state index contributed by atoms with van der Waals surface area (Å²) in [7, 11) is -2.49. The first-order valence-electron chi connectivity index (χ1n) is 8.84. The SMILES string of the molecule is COc1ccc(Cl)cc1S(=O)(=O)Nc1ccc2c(c1)CCN2C(=O)C(C)(C)C. The number of nitrogens with zero attached hydrogens (tertiary/aromatic N) is 1. The van der Waals surface area contributed by atoms with Gasteiger partial charge in [-0.1, -0.05) is 32.4 Å². The van der Waals surface area contributed by atoms with Crippen molar-refractivity contribution in [2.45, 2.75) is 32.1 Å². The van der Waals surface area contributed by atoms with Gasteiger partial charge in [0.15, 0.2) is 0 Å². The fraction of sp³-hybridized carbons (Fsp3) is 0.350. The van der Waals surface area contributed by atoms with E-state index in [0.29, 0.717) is 23.7 Å². The zero-order chi connectivity index (χ0) is 20.7. The van der Waals surface area contributed by atoms with Crippen LogP contribution in [0.5, 0.6) is 5.75 Å². The van der Waals surface area contributed by atoms with E-state index < -0.39 is 15.4 Å². The molecule has 0 bridgehead atoms. The highest BCUT2D eigenvalue weighted by Gasteiger charge is 2.32. The molecule has 1 heterocycles. The Morgan fingerprint density at radius 3 is 2.54 bits per heavy atom. The molecule has 0 spiro atoms. The molecule has 0 saturated heterocycles. The van der Waals surface area contributed by atoms with Crippen LogP contribution in [0.3, 0.4) is 0 Å². The first kappa shape index (κ1) is 20.5. The smallest absolute Gasteiger partial charge is 0.265 e. The van der Waals surface area contributed by atoms with Gasteiger partial charge in [-0.25, -0.2) is 8.42 Å². The molecule has 2 aromatic rings. The van der Waals surface area contributed by atoms with E-state index in [1.165, 1.54) is 19.2 Å². The molecule has 0 saturated carbocycles. The topological polar surface area (TPSA) is 75.7 Å². The minimum Gasteiger partial charge on any atom is -0.495 e. The number of hydrogen-bond acceptors (Lipinski definition) is 4. The van der Waals surface area contributed by atoms with Crippen LogP contribution in [0.1, 0.15) is 26.3 Å². The second kappa shape index (κ2) is 7.29. The van der Waals surface area contributed by atoms with Crippen molar-refractivity contribution in [1.82, 2.24) is 0 Å². The average molecular weight is 423 g/mol. The van der Waals surface area contributed by atoms with E-state index in [2.05, 4.69) is 4.72 Å². The Labute approximate surface area is 170 Å². The van der Waals surface area contributed by atoms with Gasteiger partial charge in [-0.2, -0.15) is 0 Å². The zero-order valence-corrected chi connectivity index (χ0v) is 17.8. The second-order valence-corrected chi connectivity index (χ2v) is 9.79. The van der Waals surface area contributed by atoms with Crippen LogP contribution in [0, 0.1) is 5.41 Å². The van der Waals surface area contributed by atoms with Crippen molar-refractivity contribution in [2.24, 2.45) is 5.41 Å². The van der Waals surface area contributed by atoms with Crippen LogP contribution in [0.25, 0.3) is 0 Å². The van der Waals surface area contributed by atoms with Crippen molar-refractivity contribution in [3.63, 3.8) is 0 Å². The van der Waals surface area contributed by atoms with Crippen LogP contribution < -0.4 is 14.4 Å². The predicted molar refractivity (Wildman–Crippen MR) is 111 cm³/mol. The lowest BCUT2D eigenvalue weighted by Crippen LogP contribution is -2.38. The Hall–Kier alpha value is -2.25. The van der Waals surface area contributed by atoms with Gasteiger partial charge in [0.2, 0.25) is 5.91 Å². The number of sulfonamides is 1. The molecule has 28 heavy (non-hydrogen) atoms. The maximum Gasteiger partial charge on any atom is 0.265 e. The lowest BCUT2D eigenvalue weighted by Gasteiger charge is -2.26. The molecular formula is C20H23ClN2O4S. The van der Waals surface area contributed by atoms with Gasteiger partial charge < -0.3 is 9.64 Å². The van der Waals surface area contributed by atoms with Gasteiger partial charge in [-0.05, 0) is 48.4 Å². The molecule has 0 aliphatic carbocycles. The molecule has 1 aliphatic heterocycles. The molecular weight excluding hydrogens is 400 g/mol. The van der Waals surface area contributed by atoms with Crippen LogP contribution in [-0.4, -0.2) is 28.0 Å². The molecule has 0 aromatic heterocycles. The average Bonchev–Trinajstić information content (AvgIpc) is 3.02. The largest absolute Gasteiger partial charge is 0.495 e. The quantitative estimate of drug-likeness (QED) is 0.805. The van der Waals surface area contributed by atoms with Crippen LogP contribution in [0.2, 0.25) is 5.02 Å². The summed E-state index contributed by atoms with van der Waals surface area (Å²) in [5.74, 6) is 0.253. The summed E-state index contributed by atoms with van der Waals surface area (Å²) in [5, 5.41) is 0.298. The summed E-state index contributed by atoms with van der Waals surface area (Å²) in [6.45, 7) is 6.24. The standard InChI is InChI=1S/C20H23ClN2O4S/c1-20(2,3)19(24)23-10-9-13-11-15(6-7-16(13)23)22-28(25,26)18-12-14(21)5-8-17(18)27-4/h5-8,11-12,22H,9-10H2,1-4H3. The summed E-state index contributed by atoms with van der Waals surface area (Å²) in [5.41, 5.74) is 1.69. The summed E-state index contributed by atoms with van der Waals surface area (Å²) in [4.78, 5) is 14.3. The first-order chi connectivity index (χ1) is 13.0. The van der Waals surface area contributed by atoms with Gasteiger partial charge in [0.1, 0.15) is 10.6 Å². The molecule has 1 N–H and O–H groups in total. The number of carbonyl (C=O) groups is 1. The van der Waals surface area contributed by atoms with Gasteiger partial charge in [0, 0.05) is 28.4 Å². The third-order valence-electron chi connectivity index (χ3n) is 4.53. The highest BCUT2D eigenvalue weighted by Crippen LogP contribution is 2.35. The Balaban J connectivity index is 1.90. The van der Waals surface area contributed by atoms with Gasteiger partial charge >= 0.3 is 0 Å². The number of methoxy groups -OCH3 is 1. The van der Waals surface area contributed by atoms with E-state index in [9.17, 15) is 13.2 Å². The van der Waals surface area contributed by atoms with E-state index in [-0.39, 0.29) is 16.6 Å². The van der Waals surface area contributed by atoms with Crippen molar-refractivity contribution in [3.05, 3.63) is 47.0 Å². The van der Waals surface area contributed by atoms with E-state index in [0.717, 1.165) is 11.3 Å². The highest BCUT2D eigenvalue weighted by atomic mass is 35.5. The van der Waals surface area contributed by atoms with Crippen LogP contribution >= 0.6 is 11.6 Å². The monoisotopic (exact) mass is 422 g/mol. The molecule has 0 atom stereocenters. The molecule has 0 unspecified atom stereocenters. The van der Waals surface area contributed by atoms with Gasteiger partial charge in [-0.3, -0.25) is 9.52 Å². The lowest BCUT2D eigenvalue weighted by atomic mass is 9.94. The summed E-state index contributed by atoms with van der Waals surface area (Å²) >= 11 is 5.96. The number of fused-ring (bicyclic) bond motifs is 1. The number of ether oxygens (including phenoxy) is 1. The second-order valence-electron chi connectivity index (χ2n) is 7.70. The van der Waals surface area contributed by atoms with Crippen LogP contribution in [-0.2, 0) is 21.2 Å². The highest BCUT2D eigenvalue weighted by molar-refractivity contribution is 7.92. The van der Waals surface area contributed by atoms with Crippen molar-refractivity contribution in [1.29, 1.82) is 0 Å². The van der Waals surface area contributed by atoms with E-state index >= 15 is 0 Å². The minimum atomic E-state index is -3.89. The van der Waals surface area contributed by atoms with Crippen molar-refractivity contribution in [3.8, 4) is 5.75 Å². The van der Waals surface area contributed by atoms with Crippen LogP contribution in [0.15, 0.2) is 41.3 Å². The molecule has 150 valence electrons. The fourth-order valence-corrected chi connectivity index (χ4v) is 4.63. The van der Waals surface area contributed by atoms with E-state index in [1.54, 1.807) is 29.2 Å². The van der Waals surface area contributed by atoms with Crippen molar-refractivity contribution >= 4 is 38.9 Å². The number of hydrogen-bond donors (Lipinski definition) is 1. The summed E-state index contributed by atoms with van der Waals surface area (Å²) in [6, 6.07) is 9.62. The van der Waals surface area contributed by atoms with Gasteiger partial charge in [-0.15, -0.1) is 0 Å². The van der Waals surface area contributed by atoms with Gasteiger partial charge in [0.25, 0.3) is 10.0 Å². The maximum absolute atomic E-state index is 12.8. The molecule has 3 rings (SSSR count). The fourth-order valence-electron chi connectivity index (χ4n) is 3.15. The number of rotatable bonds is 4. The van der Waals surface area contributed by atoms with Gasteiger partial charge in [0.05, 0.1) is 7.11 Å². The summed E-state index contributed by atoms with van der Waals surface area (Å²) in [6.07, 6.45) is 0.674. The number of carbonyl (C=O) groups excluding carboxylic acids is 1. The predicted octanol–water partition coefficient (Wildman–Crippen LogP) is 4.08. The van der Waals surface area contributed by atoms with Crippen molar-refractivity contribution in [2.75, 3.05) is 23.3 Å². The molecule has 8 heteroatoms. The Morgan fingerprint density at radius 2 is 1.89 bits per heavy atom. The van der Waals surface area contributed by atoms with Crippen LogP contribution in [0.4, 0.5) is 11.4 Å². The molecule has 0 fully saturated rings. The normalized spacial score (nSPS) is 14.0. The Morgan fingerprint density at radius 1 is 1.18 bits per heavy atom. The number of nitrogens with one attached hydrogen (secondary N) is 1. The molecule has 2 aromatic carbocycles. The van der Waals surface area contributed by atoms with Crippen molar-refractivity contribution < 1.29 is 17.9 Å². The first-order valence-corrected chi connectivity index (χ1v) is 10.7. The number of halogens is 1.